The lowest BCUT2D eigenvalue weighted by Crippen LogP contribution is -2.46. The Morgan fingerprint density at radius 2 is 2.00 bits per heavy atom. The zero-order valence-corrected chi connectivity index (χ0v) is 17.2. The van der Waals surface area contributed by atoms with Crippen LogP contribution in [0, 0.1) is 5.92 Å². The van der Waals surface area contributed by atoms with Gasteiger partial charge in [0.2, 0.25) is 5.91 Å². The maximum atomic E-state index is 12.9. The maximum Gasteiger partial charge on any atom is 0.257 e. The molecule has 7 nitrogen and oxygen atoms in total. The summed E-state index contributed by atoms with van der Waals surface area (Å²) in [4.78, 5) is 27.0. The van der Waals surface area contributed by atoms with Crippen molar-refractivity contribution in [2.24, 2.45) is 5.92 Å². The molecule has 3 heterocycles. The summed E-state index contributed by atoms with van der Waals surface area (Å²) in [5.74, 6) is 0.396. The monoisotopic (exact) mass is 417 g/mol. The fraction of sp³-hybridized carbons (Fsp3) is 0.476. The second kappa shape index (κ2) is 9.89. The van der Waals surface area contributed by atoms with E-state index in [1.807, 2.05) is 35.2 Å². The van der Waals surface area contributed by atoms with Crippen molar-refractivity contribution in [2.45, 2.75) is 31.7 Å². The van der Waals surface area contributed by atoms with E-state index in [2.05, 4.69) is 15.7 Å². The molecule has 29 heavy (non-hydrogen) atoms. The lowest BCUT2D eigenvalue weighted by molar-refractivity contribution is -0.123. The molecule has 2 aliphatic rings. The molecule has 0 bridgehead atoms. The van der Waals surface area contributed by atoms with E-state index in [9.17, 15) is 9.59 Å². The Morgan fingerprint density at radius 1 is 1.17 bits per heavy atom. The highest BCUT2D eigenvalue weighted by molar-refractivity contribution is 5.94. The summed E-state index contributed by atoms with van der Waals surface area (Å²) in [6.07, 6.45) is 7.38. The number of piperidine rings is 1. The van der Waals surface area contributed by atoms with Crippen molar-refractivity contribution in [2.75, 3.05) is 26.2 Å². The minimum Gasteiger partial charge on any atom is -0.354 e. The van der Waals surface area contributed by atoms with Crippen LogP contribution in [0.15, 0.2) is 42.7 Å². The number of likely N-dealkylation sites (tertiary alicyclic amines) is 1. The lowest BCUT2D eigenvalue weighted by Gasteiger charge is -2.32. The van der Waals surface area contributed by atoms with Crippen LogP contribution in [0.1, 0.15) is 36.0 Å². The summed E-state index contributed by atoms with van der Waals surface area (Å²) in [5.41, 5.74) is 1.53. The Kier molecular flexibility index (Phi) is 7.28. The molecule has 2 fully saturated rings. The first-order chi connectivity index (χ1) is 13.7. The van der Waals surface area contributed by atoms with Crippen LogP contribution < -0.4 is 10.6 Å². The fourth-order valence-corrected chi connectivity index (χ4v) is 4.03. The van der Waals surface area contributed by atoms with Gasteiger partial charge in [0.05, 0.1) is 23.5 Å². The van der Waals surface area contributed by atoms with Gasteiger partial charge in [0.25, 0.3) is 5.91 Å². The molecule has 2 atom stereocenters. The molecule has 0 saturated carbocycles. The number of nitrogens with one attached hydrogen (secondary N) is 2. The molecule has 2 aromatic rings. The predicted molar refractivity (Wildman–Crippen MR) is 113 cm³/mol. The normalized spacial score (nSPS) is 21.4. The highest BCUT2D eigenvalue weighted by Gasteiger charge is 2.27. The Labute approximate surface area is 177 Å². The van der Waals surface area contributed by atoms with Gasteiger partial charge >= 0.3 is 0 Å². The van der Waals surface area contributed by atoms with E-state index in [1.54, 1.807) is 17.1 Å². The van der Waals surface area contributed by atoms with Gasteiger partial charge in [-0.15, -0.1) is 12.4 Å². The van der Waals surface area contributed by atoms with Crippen LogP contribution in [0.2, 0.25) is 0 Å². The van der Waals surface area contributed by atoms with Crippen molar-refractivity contribution < 1.29 is 9.59 Å². The second-order valence-corrected chi connectivity index (χ2v) is 7.66. The van der Waals surface area contributed by atoms with Crippen LogP contribution in [0.25, 0.3) is 5.69 Å². The van der Waals surface area contributed by atoms with Crippen LogP contribution in [0.4, 0.5) is 0 Å². The summed E-state index contributed by atoms with van der Waals surface area (Å²) >= 11 is 0. The molecule has 2 aliphatic heterocycles. The molecular weight excluding hydrogens is 390 g/mol. The van der Waals surface area contributed by atoms with Crippen LogP contribution >= 0.6 is 12.4 Å². The number of rotatable bonds is 5. The van der Waals surface area contributed by atoms with Gasteiger partial charge in [0.1, 0.15) is 0 Å². The molecular formula is C21H28ClN5O2. The third-order valence-corrected chi connectivity index (χ3v) is 5.60. The first-order valence-corrected chi connectivity index (χ1v) is 10.1. The number of nitrogens with zero attached hydrogens (tertiary/aromatic N) is 3. The van der Waals surface area contributed by atoms with Crippen molar-refractivity contribution in [1.29, 1.82) is 0 Å². The second-order valence-electron chi connectivity index (χ2n) is 7.66. The predicted octanol–water partition coefficient (Wildman–Crippen LogP) is 2.01. The van der Waals surface area contributed by atoms with Crippen LogP contribution in [0.5, 0.6) is 0 Å². The van der Waals surface area contributed by atoms with Gasteiger partial charge in [0.15, 0.2) is 0 Å². The molecule has 2 N–H and O–H groups in total. The Hall–Kier alpha value is -2.38. The SMILES string of the molecule is Cl.O=C(NCC1CCCN(C(=O)c2cnn(-c3ccccc3)c2)C1)C1CCCN1. The summed E-state index contributed by atoms with van der Waals surface area (Å²) in [6.45, 7) is 2.97. The number of hydrogen-bond acceptors (Lipinski definition) is 4. The zero-order valence-electron chi connectivity index (χ0n) is 16.4. The van der Waals surface area contributed by atoms with Gasteiger partial charge < -0.3 is 15.5 Å². The minimum absolute atomic E-state index is 0. The highest BCUT2D eigenvalue weighted by atomic mass is 35.5. The molecule has 1 aromatic heterocycles. The minimum atomic E-state index is -0.0508. The average Bonchev–Trinajstić information content (AvgIpc) is 3.45. The van der Waals surface area contributed by atoms with Crippen molar-refractivity contribution in [1.82, 2.24) is 25.3 Å². The van der Waals surface area contributed by atoms with E-state index in [0.717, 1.165) is 44.5 Å². The molecule has 4 rings (SSSR count). The summed E-state index contributed by atoms with van der Waals surface area (Å²) in [7, 11) is 0. The average molecular weight is 418 g/mol. The van der Waals surface area contributed by atoms with Crippen molar-refractivity contribution in [3.8, 4) is 5.69 Å². The molecule has 0 aliphatic carbocycles. The number of amides is 2. The first-order valence-electron chi connectivity index (χ1n) is 10.1. The smallest absolute Gasteiger partial charge is 0.257 e. The van der Waals surface area contributed by atoms with Crippen molar-refractivity contribution in [3.05, 3.63) is 48.3 Å². The zero-order chi connectivity index (χ0) is 19.3. The first kappa shape index (κ1) is 21.3. The number of hydrogen-bond donors (Lipinski definition) is 2. The van der Waals surface area contributed by atoms with Crippen molar-refractivity contribution >= 4 is 24.2 Å². The standard InChI is InChI=1S/C21H27N5O2.ClH/c27-20(19-9-4-10-22-19)23-12-16-6-5-11-25(14-16)21(28)17-13-24-26(15-17)18-7-2-1-3-8-18;/h1-3,7-8,13,15-16,19,22H,4-6,9-12,14H2,(H,23,27);1H. The molecule has 0 radical (unpaired) electrons. The van der Waals surface area contributed by atoms with E-state index in [-0.39, 0.29) is 30.3 Å². The lowest BCUT2D eigenvalue weighted by atomic mass is 9.97. The van der Waals surface area contributed by atoms with Crippen LogP contribution in [0.3, 0.4) is 0 Å². The molecule has 8 heteroatoms. The van der Waals surface area contributed by atoms with Gasteiger partial charge in [-0.05, 0) is 50.3 Å². The Bertz CT molecular complexity index is 819. The van der Waals surface area contributed by atoms with Gasteiger partial charge in [0, 0.05) is 25.8 Å². The number of benzene rings is 1. The Balaban J connectivity index is 0.00000240. The molecule has 2 amide bonds. The van der Waals surface area contributed by atoms with E-state index in [1.165, 1.54) is 0 Å². The summed E-state index contributed by atoms with van der Waals surface area (Å²) < 4.78 is 1.73. The number of para-hydroxylation sites is 1. The van der Waals surface area contributed by atoms with Gasteiger partial charge in [-0.2, -0.15) is 5.10 Å². The molecule has 156 valence electrons. The van der Waals surface area contributed by atoms with Gasteiger partial charge in [-0.1, -0.05) is 18.2 Å². The van der Waals surface area contributed by atoms with E-state index >= 15 is 0 Å². The fourth-order valence-electron chi connectivity index (χ4n) is 4.03. The third kappa shape index (κ3) is 5.16. The maximum absolute atomic E-state index is 12.9. The van der Waals surface area contributed by atoms with Gasteiger partial charge in [-0.3, -0.25) is 9.59 Å². The van der Waals surface area contributed by atoms with E-state index < -0.39 is 0 Å². The highest BCUT2D eigenvalue weighted by Crippen LogP contribution is 2.19. The topological polar surface area (TPSA) is 79.3 Å². The van der Waals surface area contributed by atoms with Gasteiger partial charge in [-0.25, -0.2) is 4.68 Å². The van der Waals surface area contributed by atoms with E-state index in [0.29, 0.717) is 24.6 Å². The molecule has 1 aromatic carbocycles. The molecule has 2 unspecified atom stereocenters. The summed E-state index contributed by atoms with van der Waals surface area (Å²) in [6, 6.07) is 9.71. The van der Waals surface area contributed by atoms with Crippen LogP contribution in [-0.4, -0.2) is 58.7 Å². The van der Waals surface area contributed by atoms with Crippen LogP contribution in [-0.2, 0) is 4.79 Å². The Morgan fingerprint density at radius 3 is 2.76 bits per heavy atom. The summed E-state index contributed by atoms with van der Waals surface area (Å²) in [5, 5.41) is 10.6. The molecule has 2 saturated heterocycles. The third-order valence-electron chi connectivity index (χ3n) is 5.60. The number of carbonyl (C=O) groups excluding carboxylic acids is 2. The quantitative estimate of drug-likeness (QED) is 0.780. The largest absolute Gasteiger partial charge is 0.354 e. The number of carbonyl (C=O) groups is 2. The van der Waals surface area contributed by atoms with E-state index in [4.69, 9.17) is 0 Å². The number of halogens is 1. The number of aromatic nitrogens is 2. The van der Waals surface area contributed by atoms with Crippen molar-refractivity contribution in [3.63, 3.8) is 0 Å². The molecule has 0 spiro atoms.